The van der Waals surface area contributed by atoms with Crippen LogP contribution >= 0.6 is 11.3 Å². The fourth-order valence-electron chi connectivity index (χ4n) is 4.53. The Morgan fingerprint density at radius 2 is 1.78 bits per heavy atom. The first-order chi connectivity index (χ1) is 13.4. The van der Waals surface area contributed by atoms with Crippen molar-refractivity contribution in [2.75, 3.05) is 5.32 Å². The van der Waals surface area contributed by atoms with Gasteiger partial charge in [-0.3, -0.25) is 0 Å². The monoisotopic (exact) mass is 378 g/mol. The summed E-state index contributed by atoms with van der Waals surface area (Å²) in [6.07, 6.45) is 10.3. The van der Waals surface area contributed by atoms with E-state index in [0.717, 1.165) is 17.2 Å². The number of hydrogen-bond donors (Lipinski definition) is 2. The molecule has 0 unspecified atom stereocenters. The number of rotatable bonds is 5. The fourth-order valence-corrected chi connectivity index (χ4v) is 5.76. The molecule has 2 heterocycles. The molecule has 0 radical (unpaired) electrons. The van der Waals surface area contributed by atoms with Crippen LogP contribution in [0.1, 0.15) is 48.1 Å². The predicted octanol–water partition coefficient (Wildman–Crippen LogP) is 4.69. The van der Waals surface area contributed by atoms with Crippen molar-refractivity contribution in [1.29, 1.82) is 0 Å². The molecule has 5 rings (SSSR count). The summed E-state index contributed by atoms with van der Waals surface area (Å²) in [6.45, 7) is 0.969. The van der Waals surface area contributed by atoms with Crippen LogP contribution in [-0.4, -0.2) is 22.1 Å². The number of anilines is 1. The van der Waals surface area contributed by atoms with Gasteiger partial charge in [0.25, 0.3) is 0 Å². The zero-order valence-electron chi connectivity index (χ0n) is 15.6. The molecule has 2 N–H and O–H groups in total. The van der Waals surface area contributed by atoms with E-state index in [4.69, 9.17) is 0 Å². The molecule has 2 aliphatic rings. The molecule has 140 valence electrons. The molecule has 1 saturated carbocycles. The normalized spacial score (nSPS) is 22.1. The highest BCUT2D eigenvalue weighted by Gasteiger charge is 2.24. The summed E-state index contributed by atoms with van der Waals surface area (Å²) in [6, 6.07) is 11.8. The highest BCUT2D eigenvalue weighted by Crippen LogP contribution is 2.39. The van der Waals surface area contributed by atoms with E-state index in [-0.39, 0.29) is 0 Å². The van der Waals surface area contributed by atoms with Gasteiger partial charge in [-0.15, -0.1) is 11.3 Å². The number of hydrogen-bond acceptors (Lipinski definition) is 5. The van der Waals surface area contributed by atoms with Crippen molar-refractivity contribution in [2.45, 2.75) is 63.6 Å². The lowest BCUT2D eigenvalue weighted by atomic mass is 9.91. The van der Waals surface area contributed by atoms with Crippen LogP contribution in [0.3, 0.4) is 0 Å². The molecule has 0 spiro atoms. The fraction of sp³-hybridized carbons (Fsp3) is 0.455. The van der Waals surface area contributed by atoms with Gasteiger partial charge in [-0.25, -0.2) is 9.97 Å². The molecule has 5 heteroatoms. The van der Waals surface area contributed by atoms with Crippen molar-refractivity contribution in [3.05, 3.63) is 52.7 Å². The van der Waals surface area contributed by atoms with Gasteiger partial charge in [-0.2, -0.15) is 0 Å². The summed E-state index contributed by atoms with van der Waals surface area (Å²) in [5.41, 5.74) is 2.88. The number of nitrogens with zero attached hydrogens (tertiary/aromatic N) is 2. The molecule has 0 atom stereocenters. The van der Waals surface area contributed by atoms with Gasteiger partial charge >= 0.3 is 0 Å². The topological polar surface area (TPSA) is 49.8 Å². The van der Waals surface area contributed by atoms with Gasteiger partial charge in [0.2, 0.25) is 0 Å². The lowest BCUT2D eigenvalue weighted by Crippen LogP contribution is -2.36. The second kappa shape index (κ2) is 7.56. The summed E-state index contributed by atoms with van der Waals surface area (Å²) in [7, 11) is 0. The number of fused-ring (bicyclic) bond motifs is 3. The molecular formula is C22H26N4S. The molecule has 0 amide bonds. The molecule has 3 aromatic rings. The van der Waals surface area contributed by atoms with Gasteiger partial charge in [-0.1, -0.05) is 30.3 Å². The zero-order chi connectivity index (χ0) is 18.1. The van der Waals surface area contributed by atoms with Crippen molar-refractivity contribution in [3.8, 4) is 0 Å². The van der Waals surface area contributed by atoms with Gasteiger partial charge < -0.3 is 10.6 Å². The van der Waals surface area contributed by atoms with E-state index >= 15 is 0 Å². The van der Waals surface area contributed by atoms with Crippen molar-refractivity contribution in [1.82, 2.24) is 15.3 Å². The highest BCUT2D eigenvalue weighted by atomic mass is 32.1. The van der Waals surface area contributed by atoms with Gasteiger partial charge in [0.15, 0.2) is 0 Å². The molecule has 0 aliphatic heterocycles. The van der Waals surface area contributed by atoms with Crippen LogP contribution in [0.2, 0.25) is 0 Å². The number of nitrogens with one attached hydrogen (secondary N) is 2. The van der Waals surface area contributed by atoms with Crippen LogP contribution < -0.4 is 10.6 Å². The average Bonchev–Trinajstić information content (AvgIpc) is 3.30. The quantitative estimate of drug-likeness (QED) is 0.676. The van der Waals surface area contributed by atoms with Crippen molar-refractivity contribution in [3.63, 3.8) is 0 Å². The van der Waals surface area contributed by atoms with E-state index in [0.29, 0.717) is 12.1 Å². The van der Waals surface area contributed by atoms with E-state index in [9.17, 15) is 0 Å². The Bertz CT molecular complexity index is 913. The van der Waals surface area contributed by atoms with E-state index in [1.54, 1.807) is 6.33 Å². The molecule has 0 saturated heterocycles. The maximum absolute atomic E-state index is 4.61. The molecule has 2 aromatic heterocycles. The van der Waals surface area contributed by atoms with Gasteiger partial charge in [0.05, 0.1) is 5.39 Å². The van der Waals surface area contributed by atoms with Crippen LogP contribution in [-0.2, 0) is 19.4 Å². The Kier molecular flexibility index (Phi) is 4.80. The maximum Gasteiger partial charge on any atom is 0.138 e. The smallest absolute Gasteiger partial charge is 0.138 e. The van der Waals surface area contributed by atoms with E-state index in [2.05, 4.69) is 50.9 Å². The summed E-state index contributed by atoms with van der Waals surface area (Å²) < 4.78 is 0. The third-order valence-electron chi connectivity index (χ3n) is 6.01. The summed E-state index contributed by atoms with van der Waals surface area (Å²) in [4.78, 5) is 11.8. The number of benzene rings is 1. The first-order valence-corrected chi connectivity index (χ1v) is 11.0. The van der Waals surface area contributed by atoms with Crippen LogP contribution in [0.25, 0.3) is 10.2 Å². The lowest BCUT2D eigenvalue weighted by molar-refractivity contribution is 0.352. The van der Waals surface area contributed by atoms with Crippen LogP contribution in [0.4, 0.5) is 5.82 Å². The van der Waals surface area contributed by atoms with E-state index in [1.807, 2.05) is 11.3 Å². The highest BCUT2D eigenvalue weighted by molar-refractivity contribution is 7.19. The minimum Gasteiger partial charge on any atom is -0.367 e. The third-order valence-corrected chi connectivity index (χ3v) is 7.21. The lowest BCUT2D eigenvalue weighted by Gasteiger charge is -2.30. The average molecular weight is 379 g/mol. The standard InChI is InChI=1S/C22H26N4S/c1-2-5-15(6-3-1)13-23-16-9-11-17(12-10-16)26-21-20-18-7-4-8-19(18)27-22(20)25-14-24-21/h1-3,5-6,14,16-17,23H,4,7-13H2,(H,24,25,26)/t16-,17-. The van der Waals surface area contributed by atoms with Crippen LogP contribution in [0.15, 0.2) is 36.7 Å². The zero-order valence-corrected chi connectivity index (χ0v) is 16.4. The molecule has 1 fully saturated rings. The van der Waals surface area contributed by atoms with Gasteiger partial charge in [0, 0.05) is 23.5 Å². The Morgan fingerprint density at radius 1 is 0.963 bits per heavy atom. The van der Waals surface area contributed by atoms with Crippen molar-refractivity contribution >= 4 is 27.4 Å². The second-order valence-corrected chi connectivity index (χ2v) is 8.90. The molecule has 27 heavy (non-hydrogen) atoms. The van der Waals surface area contributed by atoms with Gasteiger partial charge in [0.1, 0.15) is 17.0 Å². The molecule has 4 nitrogen and oxygen atoms in total. The number of aromatic nitrogens is 2. The Morgan fingerprint density at radius 3 is 2.63 bits per heavy atom. The van der Waals surface area contributed by atoms with E-state index in [1.165, 1.54) is 66.3 Å². The SMILES string of the molecule is c1ccc(CN[C@H]2CC[C@H](Nc3ncnc4sc5c(c34)CCC5)CC2)cc1. The van der Waals surface area contributed by atoms with Gasteiger partial charge in [-0.05, 0) is 56.1 Å². The number of aryl methyl sites for hydroxylation is 2. The first kappa shape index (κ1) is 17.1. The molecule has 1 aromatic carbocycles. The maximum atomic E-state index is 4.61. The summed E-state index contributed by atoms with van der Waals surface area (Å²) >= 11 is 1.87. The van der Waals surface area contributed by atoms with Crippen LogP contribution in [0.5, 0.6) is 0 Å². The van der Waals surface area contributed by atoms with E-state index < -0.39 is 0 Å². The second-order valence-electron chi connectivity index (χ2n) is 7.82. The minimum atomic E-state index is 0.523. The van der Waals surface area contributed by atoms with Crippen molar-refractivity contribution in [2.24, 2.45) is 0 Å². The predicted molar refractivity (Wildman–Crippen MR) is 112 cm³/mol. The molecule has 2 aliphatic carbocycles. The Labute approximate surface area is 164 Å². The summed E-state index contributed by atoms with van der Waals surface area (Å²) in [5, 5.41) is 8.80. The Balaban J connectivity index is 1.21. The minimum absolute atomic E-state index is 0.523. The number of thiophene rings is 1. The Hall–Kier alpha value is -1.98. The third kappa shape index (κ3) is 3.58. The molecular weight excluding hydrogens is 352 g/mol. The van der Waals surface area contributed by atoms with Crippen molar-refractivity contribution < 1.29 is 0 Å². The van der Waals surface area contributed by atoms with Crippen LogP contribution in [0, 0.1) is 0 Å². The largest absolute Gasteiger partial charge is 0.367 e. The first-order valence-electron chi connectivity index (χ1n) is 10.2. The molecule has 0 bridgehead atoms. The summed E-state index contributed by atoms with van der Waals surface area (Å²) in [5.74, 6) is 1.07.